The highest BCUT2D eigenvalue weighted by molar-refractivity contribution is 14.1. The van der Waals surface area contributed by atoms with E-state index in [0.29, 0.717) is 0 Å². The van der Waals surface area contributed by atoms with E-state index >= 15 is 0 Å². The van der Waals surface area contributed by atoms with Crippen molar-refractivity contribution >= 4 is 34.2 Å². The lowest BCUT2D eigenvalue weighted by Gasteiger charge is -2.20. The van der Waals surface area contributed by atoms with E-state index in [2.05, 4.69) is 57.9 Å². The van der Waals surface area contributed by atoms with Gasteiger partial charge < -0.3 is 5.32 Å². The summed E-state index contributed by atoms with van der Waals surface area (Å²) >= 11 is 8.52. The SMILES string of the molecule is CCCn1ncnc1CC(NCC)c1cc(Cl)ccc1I. The maximum Gasteiger partial charge on any atom is 0.138 e. The van der Waals surface area contributed by atoms with E-state index < -0.39 is 0 Å². The van der Waals surface area contributed by atoms with Crippen molar-refractivity contribution in [1.82, 2.24) is 20.1 Å². The highest BCUT2D eigenvalue weighted by atomic mass is 127. The van der Waals surface area contributed by atoms with Crippen LogP contribution in [0.15, 0.2) is 24.5 Å². The number of rotatable bonds is 7. The van der Waals surface area contributed by atoms with Crippen LogP contribution in [0, 0.1) is 3.57 Å². The molecule has 0 saturated carbocycles. The summed E-state index contributed by atoms with van der Waals surface area (Å²) in [5, 5.41) is 8.60. The third-order valence-electron chi connectivity index (χ3n) is 3.30. The van der Waals surface area contributed by atoms with Crippen LogP contribution in [-0.4, -0.2) is 21.3 Å². The van der Waals surface area contributed by atoms with Gasteiger partial charge in [0.1, 0.15) is 12.2 Å². The smallest absolute Gasteiger partial charge is 0.138 e. The van der Waals surface area contributed by atoms with Crippen molar-refractivity contribution in [2.24, 2.45) is 0 Å². The molecule has 2 rings (SSSR count). The number of nitrogens with one attached hydrogen (secondary N) is 1. The molecule has 0 amide bonds. The lowest BCUT2D eigenvalue weighted by atomic mass is 10.0. The Balaban J connectivity index is 2.26. The summed E-state index contributed by atoms with van der Waals surface area (Å²) in [6.45, 7) is 6.06. The molecule has 0 aliphatic carbocycles. The molecule has 114 valence electrons. The summed E-state index contributed by atoms with van der Waals surface area (Å²) < 4.78 is 3.20. The zero-order valence-electron chi connectivity index (χ0n) is 12.3. The fourth-order valence-electron chi connectivity index (χ4n) is 2.35. The fraction of sp³-hybridized carbons (Fsp3) is 0.467. The number of aryl methyl sites for hydroxylation is 1. The summed E-state index contributed by atoms with van der Waals surface area (Å²) in [6.07, 6.45) is 3.50. The van der Waals surface area contributed by atoms with E-state index in [1.165, 1.54) is 9.13 Å². The van der Waals surface area contributed by atoms with Crippen LogP contribution in [0.25, 0.3) is 0 Å². The number of hydrogen-bond acceptors (Lipinski definition) is 3. The summed E-state index contributed by atoms with van der Waals surface area (Å²) in [5.41, 5.74) is 1.22. The lowest BCUT2D eigenvalue weighted by Crippen LogP contribution is -2.25. The van der Waals surface area contributed by atoms with E-state index in [1.54, 1.807) is 6.33 Å². The average molecular weight is 419 g/mol. The summed E-state index contributed by atoms with van der Waals surface area (Å²) in [7, 11) is 0. The highest BCUT2D eigenvalue weighted by Gasteiger charge is 2.17. The van der Waals surface area contributed by atoms with Gasteiger partial charge in [0.25, 0.3) is 0 Å². The van der Waals surface area contributed by atoms with Gasteiger partial charge in [0.2, 0.25) is 0 Å². The maximum atomic E-state index is 6.16. The largest absolute Gasteiger partial charge is 0.310 e. The van der Waals surface area contributed by atoms with Gasteiger partial charge in [0, 0.05) is 27.6 Å². The third-order valence-corrected chi connectivity index (χ3v) is 4.52. The number of aromatic nitrogens is 3. The van der Waals surface area contributed by atoms with Crippen molar-refractivity contribution in [3.05, 3.63) is 44.5 Å². The van der Waals surface area contributed by atoms with Crippen LogP contribution in [0.3, 0.4) is 0 Å². The van der Waals surface area contributed by atoms with E-state index in [1.807, 2.05) is 16.8 Å². The Labute approximate surface area is 144 Å². The van der Waals surface area contributed by atoms with Crippen LogP contribution < -0.4 is 5.32 Å². The molecule has 1 unspecified atom stereocenters. The lowest BCUT2D eigenvalue weighted by molar-refractivity contribution is 0.497. The van der Waals surface area contributed by atoms with Gasteiger partial charge >= 0.3 is 0 Å². The van der Waals surface area contributed by atoms with Crippen molar-refractivity contribution < 1.29 is 0 Å². The van der Waals surface area contributed by atoms with Crippen molar-refractivity contribution in [1.29, 1.82) is 0 Å². The molecule has 0 fully saturated rings. The number of halogens is 2. The molecule has 0 radical (unpaired) electrons. The predicted octanol–water partition coefficient (Wildman–Crippen LogP) is 3.84. The van der Waals surface area contributed by atoms with Gasteiger partial charge in [-0.05, 0) is 59.3 Å². The molecule has 0 aliphatic rings. The Hall–Kier alpha value is -0.660. The Bertz CT molecular complexity index is 585. The minimum absolute atomic E-state index is 0.195. The quantitative estimate of drug-likeness (QED) is 0.695. The van der Waals surface area contributed by atoms with Crippen molar-refractivity contribution in [3.8, 4) is 0 Å². The predicted molar refractivity (Wildman–Crippen MR) is 94.6 cm³/mol. The highest BCUT2D eigenvalue weighted by Crippen LogP contribution is 2.26. The van der Waals surface area contributed by atoms with Gasteiger partial charge in [-0.2, -0.15) is 5.10 Å². The van der Waals surface area contributed by atoms with Crippen molar-refractivity contribution in [2.45, 2.75) is 39.3 Å². The Morgan fingerprint density at radius 3 is 2.90 bits per heavy atom. The first kappa shape index (κ1) is 16.7. The van der Waals surface area contributed by atoms with E-state index in [9.17, 15) is 0 Å². The average Bonchev–Trinajstić information content (AvgIpc) is 2.89. The van der Waals surface area contributed by atoms with Crippen LogP contribution >= 0.6 is 34.2 Å². The topological polar surface area (TPSA) is 42.7 Å². The minimum atomic E-state index is 0.195. The molecule has 1 atom stereocenters. The minimum Gasteiger partial charge on any atom is -0.310 e. The summed E-state index contributed by atoms with van der Waals surface area (Å²) in [5.74, 6) is 1.01. The van der Waals surface area contributed by atoms with Gasteiger partial charge in [0.15, 0.2) is 0 Å². The number of benzene rings is 1. The van der Waals surface area contributed by atoms with Gasteiger partial charge in [0.05, 0.1) is 0 Å². The fourth-order valence-corrected chi connectivity index (χ4v) is 3.24. The third kappa shape index (κ3) is 4.40. The van der Waals surface area contributed by atoms with E-state index in [-0.39, 0.29) is 6.04 Å². The van der Waals surface area contributed by atoms with Crippen LogP contribution in [0.2, 0.25) is 5.02 Å². The molecule has 0 spiro atoms. The first-order valence-corrected chi connectivity index (χ1v) is 8.66. The zero-order valence-corrected chi connectivity index (χ0v) is 15.2. The van der Waals surface area contributed by atoms with Gasteiger partial charge in [-0.15, -0.1) is 0 Å². The van der Waals surface area contributed by atoms with Gasteiger partial charge in [-0.3, -0.25) is 4.68 Å². The van der Waals surface area contributed by atoms with E-state index in [0.717, 1.165) is 36.8 Å². The molecule has 0 bridgehead atoms. The van der Waals surface area contributed by atoms with Crippen molar-refractivity contribution in [2.75, 3.05) is 6.54 Å². The van der Waals surface area contributed by atoms with Crippen molar-refractivity contribution in [3.63, 3.8) is 0 Å². The standard InChI is InChI=1S/C15H20ClIN4/c1-3-7-21-15(19-10-20-21)9-14(18-4-2)12-8-11(16)5-6-13(12)17/h5-6,8,10,14,18H,3-4,7,9H2,1-2H3. The number of likely N-dealkylation sites (N-methyl/N-ethyl adjacent to an activating group) is 1. The number of hydrogen-bond donors (Lipinski definition) is 1. The molecule has 0 aliphatic heterocycles. The molecule has 1 aromatic carbocycles. The molecule has 1 N–H and O–H groups in total. The molecule has 1 aromatic heterocycles. The first-order valence-electron chi connectivity index (χ1n) is 7.20. The second-order valence-corrected chi connectivity index (χ2v) is 6.48. The Morgan fingerprint density at radius 2 is 2.19 bits per heavy atom. The van der Waals surface area contributed by atoms with Crippen LogP contribution in [0.4, 0.5) is 0 Å². The molecule has 6 heteroatoms. The summed E-state index contributed by atoms with van der Waals surface area (Å²) in [4.78, 5) is 4.41. The van der Waals surface area contributed by atoms with Gasteiger partial charge in [-0.25, -0.2) is 4.98 Å². The van der Waals surface area contributed by atoms with Crippen LogP contribution in [-0.2, 0) is 13.0 Å². The molecular weight excluding hydrogens is 399 g/mol. The Morgan fingerprint density at radius 1 is 1.38 bits per heavy atom. The molecule has 1 heterocycles. The second kappa shape index (κ2) is 8.10. The normalized spacial score (nSPS) is 12.6. The van der Waals surface area contributed by atoms with Crippen LogP contribution in [0.5, 0.6) is 0 Å². The summed E-state index contributed by atoms with van der Waals surface area (Å²) in [6, 6.07) is 6.21. The molecule has 4 nitrogen and oxygen atoms in total. The second-order valence-electron chi connectivity index (χ2n) is 4.88. The Kier molecular flexibility index (Phi) is 6.44. The molecule has 2 aromatic rings. The zero-order chi connectivity index (χ0) is 15.2. The maximum absolute atomic E-state index is 6.16. The monoisotopic (exact) mass is 418 g/mol. The molecular formula is C15H20ClIN4. The first-order chi connectivity index (χ1) is 10.2. The molecule has 0 saturated heterocycles. The van der Waals surface area contributed by atoms with Crippen LogP contribution in [0.1, 0.15) is 37.7 Å². The number of nitrogens with zero attached hydrogens (tertiary/aromatic N) is 3. The van der Waals surface area contributed by atoms with E-state index in [4.69, 9.17) is 11.6 Å². The van der Waals surface area contributed by atoms with Gasteiger partial charge in [-0.1, -0.05) is 25.4 Å². The molecule has 21 heavy (non-hydrogen) atoms.